The average molecular weight is 448 g/mol. The molecule has 1 atom stereocenters. The Labute approximate surface area is 180 Å². The first-order valence-electron chi connectivity index (χ1n) is 9.26. The number of aryl methyl sites for hydroxylation is 1. The predicted octanol–water partition coefficient (Wildman–Crippen LogP) is 4.34. The summed E-state index contributed by atoms with van der Waals surface area (Å²) in [5.74, 6) is -1.07. The van der Waals surface area contributed by atoms with Gasteiger partial charge in [0.2, 0.25) is 5.13 Å². The van der Waals surface area contributed by atoms with E-state index >= 15 is 0 Å². The molecule has 0 amide bonds. The molecule has 0 saturated carbocycles. The molecule has 0 radical (unpaired) electrons. The van der Waals surface area contributed by atoms with Crippen LogP contribution in [-0.4, -0.2) is 26.9 Å². The van der Waals surface area contributed by atoms with Gasteiger partial charge in [0.1, 0.15) is 32.3 Å². The largest absolute Gasteiger partial charge is 0.508 e. The lowest BCUT2D eigenvalue weighted by atomic mass is 9.99. The zero-order chi connectivity index (χ0) is 21.3. The first-order chi connectivity index (χ1) is 14.4. The van der Waals surface area contributed by atoms with Gasteiger partial charge in [-0.2, -0.15) is 5.10 Å². The van der Waals surface area contributed by atoms with Crippen molar-refractivity contribution in [1.29, 1.82) is 0 Å². The summed E-state index contributed by atoms with van der Waals surface area (Å²) in [4.78, 5) is -0.940. The van der Waals surface area contributed by atoms with Gasteiger partial charge in [0.05, 0.1) is 0 Å². The number of hydrogen-bond donors (Lipinski definition) is 2. The maximum absolute atomic E-state index is 14.6. The first-order valence-corrected chi connectivity index (χ1v) is 10.9. The van der Waals surface area contributed by atoms with Gasteiger partial charge in [0, 0.05) is 11.1 Å². The van der Waals surface area contributed by atoms with Crippen molar-refractivity contribution in [3.63, 3.8) is 0 Å². The van der Waals surface area contributed by atoms with Crippen molar-refractivity contribution in [2.45, 2.75) is 24.6 Å². The van der Waals surface area contributed by atoms with Crippen LogP contribution in [0, 0.1) is 18.6 Å². The Bertz CT molecular complexity index is 1110. The fourth-order valence-electron chi connectivity index (χ4n) is 3.34. The number of phenols is 1. The Hall–Kier alpha value is -2.56. The molecule has 2 aromatic carbocycles. The number of aromatic nitrogens is 2. The lowest BCUT2D eigenvalue weighted by molar-refractivity contribution is 0.441. The number of benzene rings is 2. The molecule has 6 nitrogen and oxygen atoms in total. The summed E-state index contributed by atoms with van der Waals surface area (Å²) in [7, 11) is 0. The summed E-state index contributed by atoms with van der Waals surface area (Å²) in [6, 6.07) is 10.2. The predicted molar refractivity (Wildman–Crippen MR) is 116 cm³/mol. The molecule has 10 heteroatoms. The van der Waals surface area contributed by atoms with Crippen LogP contribution in [0.25, 0.3) is 0 Å². The number of nitrogens with two attached hydrogens (primary N) is 1. The molecule has 4 rings (SSSR count). The minimum atomic E-state index is -0.940. The van der Waals surface area contributed by atoms with E-state index in [0.717, 1.165) is 23.2 Å². The van der Waals surface area contributed by atoms with Crippen molar-refractivity contribution in [2.75, 3.05) is 11.6 Å². The van der Waals surface area contributed by atoms with E-state index in [1.54, 1.807) is 23.2 Å². The quantitative estimate of drug-likeness (QED) is 0.585. The molecule has 0 spiro atoms. The molecule has 0 bridgehead atoms. The highest BCUT2D eigenvalue weighted by Gasteiger charge is 2.49. The van der Waals surface area contributed by atoms with Gasteiger partial charge < -0.3 is 10.8 Å². The monoisotopic (exact) mass is 447 g/mol. The van der Waals surface area contributed by atoms with Crippen LogP contribution in [0.5, 0.6) is 5.75 Å². The Kier molecular flexibility index (Phi) is 5.72. The average Bonchev–Trinajstić information content (AvgIpc) is 3.33. The Morgan fingerprint density at radius 2 is 1.97 bits per heavy atom. The minimum absolute atomic E-state index is 0.0521. The van der Waals surface area contributed by atoms with E-state index in [1.807, 2.05) is 13.0 Å². The van der Waals surface area contributed by atoms with Crippen molar-refractivity contribution >= 4 is 33.3 Å². The molecule has 30 heavy (non-hydrogen) atoms. The van der Waals surface area contributed by atoms with Crippen molar-refractivity contribution in [3.8, 4) is 5.75 Å². The van der Waals surface area contributed by atoms with E-state index in [2.05, 4.69) is 15.3 Å². The van der Waals surface area contributed by atoms with Crippen LogP contribution in [0.15, 0.2) is 47.6 Å². The zero-order valence-electron chi connectivity index (χ0n) is 16.0. The van der Waals surface area contributed by atoms with Crippen LogP contribution in [0.3, 0.4) is 0 Å². The third kappa shape index (κ3) is 3.66. The summed E-state index contributed by atoms with van der Waals surface area (Å²) < 4.78 is 28.5. The fraction of sp³-hybridized carbons (Fsp3) is 0.250. The molecule has 3 N–H and O–H groups in total. The standard InChI is InChI=1S/C20H19F2N5OS2/c1-12-24-25-19(29-12)27-20(9-4-10-23,15-5-2-3-6-17(15)28)30-18(26-27)14-11-13(21)7-8-16(14)22/h2-3,5-8,11,28H,4,9-10,23H2,1H3. The molecule has 1 aliphatic heterocycles. The molecule has 2 heterocycles. The topological polar surface area (TPSA) is 87.6 Å². The normalized spacial score (nSPS) is 18.7. The Balaban J connectivity index is 1.91. The van der Waals surface area contributed by atoms with Gasteiger partial charge in [-0.05, 0) is 50.6 Å². The summed E-state index contributed by atoms with van der Waals surface area (Å²) in [6.07, 6.45) is 1.11. The zero-order valence-corrected chi connectivity index (χ0v) is 17.7. The number of rotatable bonds is 6. The van der Waals surface area contributed by atoms with Crippen molar-refractivity contribution in [2.24, 2.45) is 10.8 Å². The highest BCUT2D eigenvalue weighted by Crippen LogP contribution is 2.54. The Morgan fingerprint density at radius 3 is 2.67 bits per heavy atom. The summed E-state index contributed by atoms with van der Waals surface area (Å²) >= 11 is 2.57. The van der Waals surface area contributed by atoms with Gasteiger partial charge in [-0.15, -0.1) is 10.2 Å². The second kappa shape index (κ2) is 8.29. The van der Waals surface area contributed by atoms with Crippen LogP contribution < -0.4 is 10.7 Å². The second-order valence-corrected chi connectivity index (χ2v) is 9.17. The number of anilines is 1. The SMILES string of the molecule is Cc1nnc(N2N=C(c3cc(F)ccc3F)SC2(CCCN)c2ccccc2O)s1. The van der Waals surface area contributed by atoms with E-state index in [9.17, 15) is 13.9 Å². The van der Waals surface area contributed by atoms with Crippen LogP contribution in [0.1, 0.15) is 29.0 Å². The first kappa shape index (κ1) is 20.7. The number of aromatic hydroxyl groups is 1. The summed E-state index contributed by atoms with van der Waals surface area (Å²) in [5.41, 5.74) is 6.44. The number of hydrazone groups is 1. The molecule has 1 aromatic heterocycles. The molecule has 0 aliphatic carbocycles. The highest BCUT2D eigenvalue weighted by atomic mass is 32.2. The third-order valence-corrected chi connectivity index (χ3v) is 6.94. The van der Waals surface area contributed by atoms with Crippen molar-refractivity contribution in [3.05, 3.63) is 70.2 Å². The molecule has 156 valence electrons. The van der Waals surface area contributed by atoms with Crippen LogP contribution in [0.4, 0.5) is 13.9 Å². The lowest BCUT2D eigenvalue weighted by Gasteiger charge is -2.35. The maximum Gasteiger partial charge on any atom is 0.230 e. The van der Waals surface area contributed by atoms with E-state index in [0.29, 0.717) is 35.1 Å². The number of hydrogen-bond acceptors (Lipinski definition) is 8. The number of phenolic OH excluding ortho intramolecular Hbond substituents is 1. The number of thioether (sulfide) groups is 1. The molecule has 0 saturated heterocycles. The minimum Gasteiger partial charge on any atom is -0.508 e. The third-order valence-electron chi connectivity index (χ3n) is 4.70. The van der Waals surface area contributed by atoms with E-state index in [1.165, 1.54) is 23.1 Å². The van der Waals surface area contributed by atoms with Crippen molar-refractivity contribution < 1.29 is 13.9 Å². The number of para-hydroxylation sites is 1. The second-order valence-electron chi connectivity index (χ2n) is 6.74. The summed E-state index contributed by atoms with van der Waals surface area (Å²) in [5, 5.41) is 26.8. The van der Waals surface area contributed by atoms with E-state index < -0.39 is 16.5 Å². The smallest absolute Gasteiger partial charge is 0.230 e. The highest BCUT2D eigenvalue weighted by molar-refractivity contribution is 8.15. The summed E-state index contributed by atoms with van der Waals surface area (Å²) in [6.45, 7) is 2.24. The van der Waals surface area contributed by atoms with Crippen LogP contribution >= 0.6 is 23.1 Å². The van der Waals surface area contributed by atoms with Gasteiger partial charge in [0.15, 0.2) is 0 Å². The molecular formula is C20H19F2N5OS2. The maximum atomic E-state index is 14.6. The molecular weight excluding hydrogens is 428 g/mol. The lowest BCUT2D eigenvalue weighted by Crippen LogP contribution is -2.38. The fourth-order valence-corrected chi connectivity index (χ4v) is 5.56. The molecule has 1 unspecified atom stereocenters. The molecule has 1 aliphatic rings. The van der Waals surface area contributed by atoms with E-state index in [-0.39, 0.29) is 11.3 Å². The Morgan fingerprint density at radius 1 is 1.17 bits per heavy atom. The molecule has 3 aromatic rings. The molecule has 0 fully saturated rings. The van der Waals surface area contributed by atoms with Gasteiger partial charge >= 0.3 is 0 Å². The van der Waals surface area contributed by atoms with Crippen LogP contribution in [-0.2, 0) is 4.87 Å². The van der Waals surface area contributed by atoms with E-state index in [4.69, 9.17) is 5.73 Å². The van der Waals surface area contributed by atoms with Gasteiger partial charge in [0.25, 0.3) is 0 Å². The van der Waals surface area contributed by atoms with Crippen LogP contribution in [0.2, 0.25) is 0 Å². The van der Waals surface area contributed by atoms with Gasteiger partial charge in [-0.1, -0.05) is 41.3 Å². The van der Waals surface area contributed by atoms with Crippen molar-refractivity contribution in [1.82, 2.24) is 10.2 Å². The number of halogens is 2. The number of nitrogens with zero attached hydrogens (tertiary/aromatic N) is 4. The van der Waals surface area contributed by atoms with Gasteiger partial charge in [-0.3, -0.25) is 0 Å². The van der Waals surface area contributed by atoms with Gasteiger partial charge in [-0.25, -0.2) is 13.8 Å².